The van der Waals surface area contributed by atoms with Crippen molar-refractivity contribution in [3.63, 3.8) is 0 Å². The van der Waals surface area contributed by atoms with Gasteiger partial charge in [0.2, 0.25) is 6.23 Å². The van der Waals surface area contributed by atoms with Crippen molar-refractivity contribution in [3.05, 3.63) is 28.8 Å². The van der Waals surface area contributed by atoms with Gasteiger partial charge >= 0.3 is 0 Å². The second-order valence-electron chi connectivity index (χ2n) is 3.47. The fourth-order valence-corrected chi connectivity index (χ4v) is 1.96. The van der Waals surface area contributed by atoms with Crippen LogP contribution < -0.4 is 4.74 Å². The van der Waals surface area contributed by atoms with E-state index in [1.54, 1.807) is 18.2 Å². The molecule has 0 saturated carbocycles. The van der Waals surface area contributed by atoms with Crippen molar-refractivity contribution in [1.29, 1.82) is 0 Å². The molecule has 1 aromatic rings. The minimum absolute atomic E-state index is 0.179. The van der Waals surface area contributed by atoms with E-state index in [0.717, 1.165) is 0 Å². The molecule has 5 heteroatoms. The Labute approximate surface area is 91.3 Å². The number of carbonyl (C=O) groups is 1. The van der Waals surface area contributed by atoms with Crippen LogP contribution in [0, 0.1) is 0 Å². The fourth-order valence-electron chi connectivity index (χ4n) is 1.79. The van der Waals surface area contributed by atoms with Gasteiger partial charge in [0, 0.05) is 11.4 Å². The third-order valence-corrected chi connectivity index (χ3v) is 2.73. The zero-order chi connectivity index (χ0) is 10.4. The van der Waals surface area contributed by atoms with E-state index in [2.05, 4.69) is 0 Å². The highest BCUT2D eigenvalue weighted by Gasteiger charge is 2.38. The molecule has 2 aliphatic heterocycles. The second-order valence-corrected chi connectivity index (χ2v) is 3.90. The third kappa shape index (κ3) is 1.29. The molecular formula is C10H8ClNO3. The number of benzene rings is 1. The van der Waals surface area contributed by atoms with Gasteiger partial charge in [-0.25, -0.2) is 0 Å². The molecule has 0 radical (unpaired) electrons. The van der Waals surface area contributed by atoms with Crippen molar-refractivity contribution in [2.45, 2.75) is 12.6 Å². The summed E-state index contributed by atoms with van der Waals surface area (Å²) in [6, 6.07) is 5.02. The molecule has 1 fully saturated rings. The molecule has 0 spiro atoms. The van der Waals surface area contributed by atoms with Crippen LogP contribution in [0.25, 0.3) is 0 Å². The Bertz CT molecular complexity index is 435. The van der Waals surface area contributed by atoms with E-state index in [1.807, 2.05) is 0 Å². The summed E-state index contributed by atoms with van der Waals surface area (Å²) < 4.78 is 5.60. The molecule has 2 aliphatic rings. The molecule has 78 valence electrons. The predicted octanol–water partition coefficient (Wildman–Crippen LogP) is 1.84. The van der Waals surface area contributed by atoms with Crippen molar-refractivity contribution in [3.8, 4) is 5.75 Å². The number of hydrogen-bond donors (Lipinski definition) is 0. The van der Waals surface area contributed by atoms with Crippen molar-refractivity contribution >= 4 is 17.5 Å². The summed E-state index contributed by atoms with van der Waals surface area (Å²) in [5, 5.41) is 1.79. The SMILES string of the molecule is O=C1c2cc(Cl)ccc2O[C@@H]2CCON12. The van der Waals surface area contributed by atoms with E-state index in [9.17, 15) is 4.79 Å². The molecule has 0 aromatic heterocycles. The summed E-state index contributed by atoms with van der Waals surface area (Å²) in [6.07, 6.45) is 0.416. The Morgan fingerprint density at radius 3 is 3.20 bits per heavy atom. The van der Waals surface area contributed by atoms with Gasteiger partial charge in [-0.3, -0.25) is 9.63 Å². The number of hydroxylamine groups is 2. The Kier molecular flexibility index (Phi) is 1.87. The number of hydrogen-bond acceptors (Lipinski definition) is 3. The number of ether oxygens (including phenoxy) is 1. The minimum atomic E-state index is -0.286. The molecule has 3 rings (SSSR count). The number of nitrogens with zero attached hydrogens (tertiary/aromatic N) is 1. The molecule has 0 unspecified atom stereocenters. The first-order chi connectivity index (χ1) is 7.25. The summed E-state index contributed by atoms with van der Waals surface area (Å²) in [5.74, 6) is 0.400. The van der Waals surface area contributed by atoms with Gasteiger partial charge in [-0.15, -0.1) is 0 Å². The summed E-state index contributed by atoms with van der Waals surface area (Å²) in [6.45, 7) is 0.512. The highest BCUT2D eigenvalue weighted by atomic mass is 35.5. The Hall–Kier alpha value is -1.26. The van der Waals surface area contributed by atoms with Gasteiger partial charge < -0.3 is 4.74 Å². The van der Waals surface area contributed by atoms with Crippen molar-refractivity contribution in [2.24, 2.45) is 0 Å². The van der Waals surface area contributed by atoms with Crippen LogP contribution in [-0.2, 0) is 4.84 Å². The number of halogens is 1. The molecular weight excluding hydrogens is 218 g/mol. The Morgan fingerprint density at radius 1 is 1.47 bits per heavy atom. The van der Waals surface area contributed by atoms with Crippen LogP contribution in [0.15, 0.2) is 18.2 Å². The third-order valence-electron chi connectivity index (χ3n) is 2.49. The quantitative estimate of drug-likeness (QED) is 0.676. The van der Waals surface area contributed by atoms with Crippen LogP contribution in [0.5, 0.6) is 5.75 Å². The number of fused-ring (bicyclic) bond motifs is 2. The summed E-state index contributed by atoms with van der Waals surface area (Å²) in [7, 11) is 0. The van der Waals surface area contributed by atoms with E-state index in [-0.39, 0.29) is 12.1 Å². The van der Waals surface area contributed by atoms with E-state index in [1.165, 1.54) is 5.06 Å². The first-order valence-corrected chi connectivity index (χ1v) is 5.06. The van der Waals surface area contributed by atoms with E-state index < -0.39 is 0 Å². The molecule has 1 saturated heterocycles. The maximum atomic E-state index is 11.9. The molecule has 0 bridgehead atoms. The van der Waals surface area contributed by atoms with Crippen LogP contribution >= 0.6 is 11.6 Å². The zero-order valence-corrected chi connectivity index (χ0v) is 8.53. The van der Waals surface area contributed by atoms with Gasteiger partial charge in [-0.05, 0) is 18.2 Å². The topological polar surface area (TPSA) is 38.8 Å². The lowest BCUT2D eigenvalue weighted by Gasteiger charge is -2.29. The van der Waals surface area contributed by atoms with Crippen molar-refractivity contribution < 1.29 is 14.4 Å². The molecule has 0 aliphatic carbocycles. The van der Waals surface area contributed by atoms with Gasteiger partial charge in [0.1, 0.15) is 5.75 Å². The molecule has 2 heterocycles. The van der Waals surface area contributed by atoms with Gasteiger partial charge in [-0.1, -0.05) is 11.6 Å². The molecule has 1 amide bonds. The zero-order valence-electron chi connectivity index (χ0n) is 7.77. The highest BCUT2D eigenvalue weighted by Crippen LogP contribution is 2.33. The average molecular weight is 226 g/mol. The van der Waals surface area contributed by atoms with Crippen LogP contribution in [0.1, 0.15) is 16.8 Å². The maximum Gasteiger partial charge on any atom is 0.284 e. The molecule has 1 atom stereocenters. The van der Waals surface area contributed by atoms with Gasteiger partial charge in [0.05, 0.1) is 12.2 Å². The largest absolute Gasteiger partial charge is 0.467 e. The fraction of sp³-hybridized carbons (Fsp3) is 0.300. The molecule has 15 heavy (non-hydrogen) atoms. The van der Waals surface area contributed by atoms with Gasteiger partial charge in [0.15, 0.2) is 0 Å². The first-order valence-electron chi connectivity index (χ1n) is 4.68. The molecule has 0 N–H and O–H groups in total. The van der Waals surface area contributed by atoms with Crippen LogP contribution in [0.4, 0.5) is 0 Å². The van der Waals surface area contributed by atoms with E-state index in [4.69, 9.17) is 21.2 Å². The number of rotatable bonds is 0. The van der Waals surface area contributed by atoms with E-state index in [0.29, 0.717) is 29.4 Å². The number of amides is 1. The van der Waals surface area contributed by atoms with Gasteiger partial charge in [0.25, 0.3) is 5.91 Å². The lowest BCUT2D eigenvalue weighted by Crippen LogP contribution is -2.42. The molecule has 1 aromatic carbocycles. The van der Waals surface area contributed by atoms with Crippen LogP contribution in [-0.4, -0.2) is 23.8 Å². The van der Waals surface area contributed by atoms with Gasteiger partial charge in [-0.2, -0.15) is 5.06 Å². The van der Waals surface area contributed by atoms with Crippen molar-refractivity contribution in [2.75, 3.05) is 6.61 Å². The monoisotopic (exact) mass is 225 g/mol. The standard InChI is InChI=1S/C10H8ClNO3/c11-6-1-2-8-7(5-6)10(13)12-9(15-8)3-4-14-12/h1-2,5,9H,3-4H2/t9-/m1/s1. The van der Waals surface area contributed by atoms with Crippen LogP contribution in [0.3, 0.4) is 0 Å². The summed E-state index contributed by atoms with van der Waals surface area (Å²) >= 11 is 5.82. The van der Waals surface area contributed by atoms with Crippen LogP contribution in [0.2, 0.25) is 5.02 Å². The number of carbonyl (C=O) groups excluding carboxylic acids is 1. The first kappa shape index (κ1) is 9.00. The normalized spacial score (nSPS) is 23.4. The lowest BCUT2D eigenvalue weighted by atomic mass is 10.1. The summed E-state index contributed by atoms with van der Waals surface area (Å²) in [5.41, 5.74) is 0.459. The smallest absolute Gasteiger partial charge is 0.284 e. The van der Waals surface area contributed by atoms with E-state index >= 15 is 0 Å². The predicted molar refractivity (Wildman–Crippen MR) is 52.6 cm³/mol. The molecule has 4 nitrogen and oxygen atoms in total. The minimum Gasteiger partial charge on any atom is -0.467 e. The second kappa shape index (κ2) is 3.12. The van der Waals surface area contributed by atoms with Crippen molar-refractivity contribution in [1.82, 2.24) is 5.06 Å². The summed E-state index contributed by atoms with van der Waals surface area (Å²) in [4.78, 5) is 17.1. The highest BCUT2D eigenvalue weighted by molar-refractivity contribution is 6.31. The maximum absolute atomic E-state index is 11.9. The average Bonchev–Trinajstić information content (AvgIpc) is 2.68. The Morgan fingerprint density at radius 2 is 2.33 bits per heavy atom. The lowest BCUT2D eigenvalue weighted by molar-refractivity contribution is -0.140. The Balaban J connectivity index is 2.09.